The number of para-hydroxylation sites is 1. The molecule has 0 aliphatic rings. The highest BCUT2D eigenvalue weighted by Crippen LogP contribution is 2.22. The Balaban J connectivity index is 1.80. The first-order chi connectivity index (χ1) is 9.74. The average molecular weight is 304 g/mol. The highest BCUT2D eigenvalue weighted by atomic mass is 35.5. The third-order valence-electron chi connectivity index (χ3n) is 2.67. The molecule has 3 rings (SSSR count). The van der Waals surface area contributed by atoms with Crippen molar-refractivity contribution in [1.82, 2.24) is 9.55 Å². The van der Waals surface area contributed by atoms with Gasteiger partial charge in [-0.05, 0) is 24.3 Å². The molecule has 1 amide bonds. The van der Waals surface area contributed by atoms with Gasteiger partial charge < -0.3 is 9.88 Å². The minimum absolute atomic E-state index is 0.271. The standard InChI is InChI=1S/C14H10ClN3OS/c15-10-5-1-2-6-11(10)16-13(19)12-9-20-14(17-12)18-7-3-4-8-18/h1-9H,(H,16,19). The second kappa shape index (κ2) is 5.48. The maximum absolute atomic E-state index is 12.1. The molecule has 2 aromatic heterocycles. The van der Waals surface area contributed by atoms with Gasteiger partial charge in [0.15, 0.2) is 5.13 Å². The van der Waals surface area contributed by atoms with E-state index >= 15 is 0 Å². The summed E-state index contributed by atoms with van der Waals surface area (Å²) in [5.74, 6) is -0.271. The second-order valence-electron chi connectivity index (χ2n) is 4.04. The molecule has 1 aromatic carbocycles. The molecule has 4 nitrogen and oxygen atoms in total. The first kappa shape index (κ1) is 12.9. The van der Waals surface area contributed by atoms with Gasteiger partial charge in [-0.2, -0.15) is 0 Å². The topological polar surface area (TPSA) is 46.9 Å². The predicted molar refractivity (Wildman–Crippen MR) is 80.8 cm³/mol. The van der Waals surface area contributed by atoms with E-state index in [0.717, 1.165) is 5.13 Å². The molecule has 2 heterocycles. The maximum Gasteiger partial charge on any atom is 0.275 e. The Morgan fingerprint density at radius 2 is 1.95 bits per heavy atom. The zero-order valence-electron chi connectivity index (χ0n) is 10.3. The Morgan fingerprint density at radius 3 is 2.70 bits per heavy atom. The first-order valence-electron chi connectivity index (χ1n) is 5.89. The monoisotopic (exact) mass is 303 g/mol. The van der Waals surface area contributed by atoms with E-state index in [2.05, 4.69) is 10.3 Å². The number of carbonyl (C=O) groups is 1. The minimum atomic E-state index is -0.271. The van der Waals surface area contributed by atoms with Crippen molar-refractivity contribution in [2.45, 2.75) is 0 Å². The molecule has 0 saturated heterocycles. The molecule has 0 fully saturated rings. The molecule has 1 N–H and O–H groups in total. The molecule has 20 heavy (non-hydrogen) atoms. The SMILES string of the molecule is O=C(Nc1ccccc1Cl)c1csc(-n2cccc2)n1. The smallest absolute Gasteiger partial charge is 0.275 e. The van der Waals surface area contributed by atoms with Crippen LogP contribution < -0.4 is 5.32 Å². The van der Waals surface area contributed by atoms with Crippen LogP contribution in [0.4, 0.5) is 5.69 Å². The Morgan fingerprint density at radius 1 is 1.20 bits per heavy atom. The number of anilines is 1. The number of carbonyl (C=O) groups excluding carboxylic acids is 1. The van der Waals surface area contributed by atoms with Crippen LogP contribution >= 0.6 is 22.9 Å². The fourth-order valence-corrected chi connectivity index (χ4v) is 2.65. The number of nitrogens with zero attached hydrogens (tertiary/aromatic N) is 2. The molecule has 100 valence electrons. The summed E-state index contributed by atoms with van der Waals surface area (Å²) in [7, 11) is 0. The Kier molecular flexibility index (Phi) is 3.54. The van der Waals surface area contributed by atoms with Crippen molar-refractivity contribution in [3.63, 3.8) is 0 Å². The largest absolute Gasteiger partial charge is 0.319 e. The number of aromatic nitrogens is 2. The lowest BCUT2D eigenvalue weighted by molar-refractivity contribution is 0.102. The van der Waals surface area contributed by atoms with Crippen molar-refractivity contribution in [2.24, 2.45) is 0 Å². The van der Waals surface area contributed by atoms with Crippen molar-refractivity contribution in [3.8, 4) is 5.13 Å². The van der Waals surface area contributed by atoms with E-state index < -0.39 is 0 Å². The molecule has 0 unspecified atom stereocenters. The van der Waals surface area contributed by atoms with E-state index in [1.807, 2.05) is 41.2 Å². The summed E-state index contributed by atoms with van der Waals surface area (Å²) in [5, 5.41) is 5.72. The average Bonchev–Trinajstić information content (AvgIpc) is 3.11. The van der Waals surface area contributed by atoms with Crippen LogP contribution in [0.15, 0.2) is 54.2 Å². The Hall–Kier alpha value is -2.11. The van der Waals surface area contributed by atoms with Gasteiger partial charge in [0.1, 0.15) is 5.69 Å². The summed E-state index contributed by atoms with van der Waals surface area (Å²) in [4.78, 5) is 16.4. The van der Waals surface area contributed by atoms with E-state index in [4.69, 9.17) is 11.6 Å². The van der Waals surface area contributed by atoms with Gasteiger partial charge >= 0.3 is 0 Å². The molecule has 0 radical (unpaired) electrons. The van der Waals surface area contributed by atoms with Gasteiger partial charge in [0.25, 0.3) is 5.91 Å². The number of benzene rings is 1. The highest BCUT2D eigenvalue weighted by molar-refractivity contribution is 7.12. The number of amides is 1. The van der Waals surface area contributed by atoms with E-state index in [1.54, 1.807) is 17.5 Å². The molecule has 0 aliphatic heterocycles. The van der Waals surface area contributed by atoms with Crippen molar-refractivity contribution < 1.29 is 4.79 Å². The number of hydrogen-bond donors (Lipinski definition) is 1. The summed E-state index contributed by atoms with van der Waals surface area (Å²) < 4.78 is 1.86. The van der Waals surface area contributed by atoms with E-state index in [1.165, 1.54) is 11.3 Å². The first-order valence-corrected chi connectivity index (χ1v) is 7.14. The third-order valence-corrected chi connectivity index (χ3v) is 3.86. The zero-order valence-corrected chi connectivity index (χ0v) is 11.9. The van der Waals surface area contributed by atoms with Crippen LogP contribution in [-0.2, 0) is 0 Å². The maximum atomic E-state index is 12.1. The quantitative estimate of drug-likeness (QED) is 0.799. The fourth-order valence-electron chi connectivity index (χ4n) is 1.70. The highest BCUT2D eigenvalue weighted by Gasteiger charge is 2.12. The summed E-state index contributed by atoms with van der Waals surface area (Å²) >= 11 is 7.41. The van der Waals surface area contributed by atoms with Gasteiger partial charge in [-0.15, -0.1) is 11.3 Å². The zero-order chi connectivity index (χ0) is 13.9. The number of nitrogens with one attached hydrogen (secondary N) is 1. The summed E-state index contributed by atoms with van der Waals surface area (Å²) in [5.41, 5.74) is 0.952. The summed E-state index contributed by atoms with van der Waals surface area (Å²) in [6.45, 7) is 0. The summed E-state index contributed by atoms with van der Waals surface area (Å²) in [6.07, 6.45) is 3.77. The minimum Gasteiger partial charge on any atom is -0.319 e. The van der Waals surface area contributed by atoms with Crippen LogP contribution in [0, 0.1) is 0 Å². The van der Waals surface area contributed by atoms with Crippen molar-refractivity contribution >= 4 is 34.5 Å². The number of hydrogen-bond acceptors (Lipinski definition) is 3. The fraction of sp³-hybridized carbons (Fsp3) is 0. The van der Waals surface area contributed by atoms with E-state index in [9.17, 15) is 4.79 Å². The van der Waals surface area contributed by atoms with Crippen molar-refractivity contribution in [2.75, 3.05) is 5.32 Å². The second-order valence-corrected chi connectivity index (χ2v) is 5.28. The van der Waals surface area contributed by atoms with Gasteiger partial charge in [0, 0.05) is 17.8 Å². The van der Waals surface area contributed by atoms with Crippen LogP contribution in [0.1, 0.15) is 10.5 Å². The Bertz CT molecular complexity index is 736. The molecule has 0 bridgehead atoms. The van der Waals surface area contributed by atoms with Gasteiger partial charge in [0.05, 0.1) is 10.7 Å². The lowest BCUT2D eigenvalue weighted by atomic mass is 10.3. The molecule has 6 heteroatoms. The van der Waals surface area contributed by atoms with Crippen molar-refractivity contribution in [1.29, 1.82) is 0 Å². The van der Waals surface area contributed by atoms with Gasteiger partial charge in [-0.3, -0.25) is 4.79 Å². The molecular weight excluding hydrogens is 294 g/mol. The molecule has 0 atom stereocenters. The van der Waals surface area contributed by atoms with Gasteiger partial charge in [-0.25, -0.2) is 4.98 Å². The molecule has 0 saturated carbocycles. The van der Waals surface area contributed by atoms with Gasteiger partial charge in [0.2, 0.25) is 0 Å². The van der Waals surface area contributed by atoms with Crippen LogP contribution in [0.2, 0.25) is 5.02 Å². The van der Waals surface area contributed by atoms with Crippen LogP contribution in [0.25, 0.3) is 5.13 Å². The van der Waals surface area contributed by atoms with Crippen molar-refractivity contribution in [3.05, 3.63) is 64.9 Å². The molecule has 3 aromatic rings. The normalized spacial score (nSPS) is 10.4. The van der Waals surface area contributed by atoms with Crippen LogP contribution in [0.3, 0.4) is 0 Å². The number of halogens is 1. The molecule has 0 spiro atoms. The molecular formula is C14H10ClN3OS. The third kappa shape index (κ3) is 2.59. The van der Waals surface area contributed by atoms with E-state index in [-0.39, 0.29) is 5.91 Å². The lowest BCUT2D eigenvalue weighted by Crippen LogP contribution is -2.12. The van der Waals surface area contributed by atoms with Gasteiger partial charge in [-0.1, -0.05) is 23.7 Å². The predicted octanol–water partition coefficient (Wildman–Crippen LogP) is 3.84. The molecule has 0 aliphatic carbocycles. The lowest BCUT2D eigenvalue weighted by Gasteiger charge is -2.04. The summed E-state index contributed by atoms with van der Waals surface area (Å²) in [6, 6.07) is 10.9. The number of thiazole rings is 1. The van der Waals surface area contributed by atoms with E-state index in [0.29, 0.717) is 16.4 Å². The number of rotatable bonds is 3. The van der Waals surface area contributed by atoms with Crippen LogP contribution in [0.5, 0.6) is 0 Å². The Labute approximate surface area is 124 Å². The van der Waals surface area contributed by atoms with Crippen LogP contribution in [-0.4, -0.2) is 15.5 Å².